The largest absolute Gasteiger partial charge is 0.458 e. The Morgan fingerprint density at radius 2 is 1.91 bits per heavy atom. The van der Waals surface area contributed by atoms with E-state index >= 15 is 0 Å². The highest BCUT2D eigenvalue weighted by molar-refractivity contribution is 7.14. The van der Waals surface area contributed by atoms with Gasteiger partial charge in [-0.15, -0.1) is 11.3 Å². The number of aromatic nitrogens is 1. The number of ether oxygens (including phenoxy) is 1. The van der Waals surface area contributed by atoms with Gasteiger partial charge in [-0.05, 0) is 55.2 Å². The number of thiazole rings is 1. The standard InChI is InChI=1S/C25H25FN2O3S/c1-17-7-5-10-22(13-17)28(18(2)29)24-27-21(16-32-24)15-31-23(30)25(11-3-4-12-25)19-8-6-9-20(26)14-19/h5-10,13-14,16H,3-4,11-12,15H2,1-2H3. The summed E-state index contributed by atoms with van der Waals surface area (Å²) in [5.74, 6) is -0.854. The normalized spacial score (nSPS) is 14.8. The van der Waals surface area contributed by atoms with E-state index in [2.05, 4.69) is 4.98 Å². The molecule has 1 heterocycles. The minimum absolute atomic E-state index is 0.00591. The molecule has 0 atom stereocenters. The van der Waals surface area contributed by atoms with Gasteiger partial charge in [0.2, 0.25) is 5.91 Å². The number of halogens is 1. The molecule has 2 aromatic carbocycles. The number of hydrogen-bond donors (Lipinski definition) is 0. The number of carbonyl (C=O) groups is 2. The van der Waals surface area contributed by atoms with E-state index in [-0.39, 0.29) is 24.3 Å². The summed E-state index contributed by atoms with van der Waals surface area (Å²) in [6.07, 6.45) is 3.08. The van der Waals surface area contributed by atoms with Crippen molar-refractivity contribution in [3.8, 4) is 0 Å². The van der Waals surface area contributed by atoms with E-state index in [0.29, 0.717) is 29.2 Å². The Bertz CT molecular complexity index is 1140. The van der Waals surface area contributed by atoms with Crippen LogP contribution >= 0.6 is 11.3 Å². The molecule has 1 amide bonds. The zero-order valence-electron chi connectivity index (χ0n) is 18.1. The molecule has 0 saturated heterocycles. The molecule has 0 N–H and O–H groups in total. The van der Waals surface area contributed by atoms with Crippen LogP contribution in [0.2, 0.25) is 0 Å². The zero-order chi connectivity index (χ0) is 22.7. The first-order valence-electron chi connectivity index (χ1n) is 10.6. The first kappa shape index (κ1) is 22.1. The summed E-state index contributed by atoms with van der Waals surface area (Å²) >= 11 is 1.32. The van der Waals surface area contributed by atoms with Crippen molar-refractivity contribution in [2.45, 2.75) is 51.6 Å². The van der Waals surface area contributed by atoms with Crippen LogP contribution in [0.15, 0.2) is 53.9 Å². The van der Waals surface area contributed by atoms with Gasteiger partial charge in [0.1, 0.15) is 12.4 Å². The fourth-order valence-electron chi connectivity index (χ4n) is 4.31. The quantitative estimate of drug-likeness (QED) is 0.442. The molecule has 5 nitrogen and oxygen atoms in total. The number of aryl methyl sites for hydroxylation is 1. The summed E-state index contributed by atoms with van der Waals surface area (Å²) in [7, 11) is 0. The average Bonchev–Trinajstić information content (AvgIpc) is 3.43. The summed E-state index contributed by atoms with van der Waals surface area (Å²) in [6.45, 7) is 3.46. The summed E-state index contributed by atoms with van der Waals surface area (Å²) < 4.78 is 19.5. The van der Waals surface area contributed by atoms with Crippen LogP contribution < -0.4 is 4.90 Å². The number of benzene rings is 2. The van der Waals surface area contributed by atoms with Crippen molar-refractivity contribution in [2.75, 3.05) is 4.90 Å². The molecular weight excluding hydrogens is 427 g/mol. The van der Waals surface area contributed by atoms with E-state index in [0.717, 1.165) is 24.1 Å². The lowest BCUT2D eigenvalue weighted by atomic mass is 9.79. The molecule has 32 heavy (non-hydrogen) atoms. The lowest BCUT2D eigenvalue weighted by molar-refractivity contribution is -0.152. The van der Waals surface area contributed by atoms with Crippen LogP contribution in [-0.4, -0.2) is 16.9 Å². The minimum atomic E-state index is -0.812. The van der Waals surface area contributed by atoms with E-state index < -0.39 is 5.41 Å². The number of anilines is 2. The van der Waals surface area contributed by atoms with Crippen LogP contribution in [0.4, 0.5) is 15.2 Å². The third-order valence-electron chi connectivity index (χ3n) is 5.88. The van der Waals surface area contributed by atoms with Gasteiger partial charge in [0.05, 0.1) is 16.8 Å². The molecule has 1 aromatic heterocycles. The highest BCUT2D eigenvalue weighted by atomic mass is 32.1. The Hall–Kier alpha value is -3.06. The zero-order valence-corrected chi connectivity index (χ0v) is 19.0. The fraction of sp³-hybridized carbons (Fsp3) is 0.320. The van der Waals surface area contributed by atoms with E-state index in [4.69, 9.17) is 4.74 Å². The van der Waals surface area contributed by atoms with E-state index in [9.17, 15) is 14.0 Å². The molecule has 7 heteroatoms. The third kappa shape index (κ3) is 4.43. The molecular formula is C25H25FN2O3S. The van der Waals surface area contributed by atoms with Gasteiger partial charge in [0.25, 0.3) is 0 Å². The van der Waals surface area contributed by atoms with Crippen molar-refractivity contribution in [2.24, 2.45) is 0 Å². The molecule has 0 radical (unpaired) electrons. The van der Waals surface area contributed by atoms with Gasteiger partial charge in [0, 0.05) is 12.3 Å². The van der Waals surface area contributed by atoms with Crippen LogP contribution in [0.5, 0.6) is 0 Å². The van der Waals surface area contributed by atoms with Crippen molar-refractivity contribution in [1.82, 2.24) is 4.98 Å². The fourth-order valence-corrected chi connectivity index (χ4v) is 5.18. The molecule has 0 bridgehead atoms. The van der Waals surface area contributed by atoms with Gasteiger partial charge in [-0.2, -0.15) is 0 Å². The summed E-state index contributed by atoms with van der Waals surface area (Å²) in [4.78, 5) is 31.5. The monoisotopic (exact) mass is 452 g/mol. The predicted octanol–water partition coefficient (Wildman–Crippen LogP) is 5.83. The molecule has 166 valence electrons. The van der Waals surface area contributed by atoms with E-state index in [1.165, 1.54) is 30.4 Å². The summed E-state index contributed by atoms with van der Waals surface area (Å²) in [5, 5.41) is 2.31. The average molecular weight is 453 g/mol. The van der Waals surface area contributed by atoms with E-state index in [1.807, 2.05) is 31.2 Å². The highest BCUT2D eigenvalue weighted by Crippen LogP contribution is 2.42. The van der Waals surface area contributed by atoms with Crippen molar-refractivity contribution in [1.29, 1.82) is 0 Å². The first-order chi connectivity index (χ1) is 15.4. The Morgan fingerprint density at radius 1 is 1.16 bits per heavy atom. The van der Waals surface area contributed by atoms with Crippen LogP contribution in [0.3, 0.4) is 0 Å². The van der Waals surface area contributed by atoms with Crippen LogP contribution in [0, 0.1) is 12.7 Å². The second kappa shape index (κ2) is 9.20. The second-order valence-electron chi connectivity index (χ2n) is 8.19. The van der Waals surface area contributed by atoms with Crippen LogP contribution in [-0.2, 0) is 26.3 Å². The van der Waals surface area contributed by atoms with Crippen LogP contribution in [0.1, 0.15) is 49.4 Å². The lowest BCUT2D eigenvalue weighted by Gasteiger charge is -2.27. The number of hydrogen-bond acceptors (Lipinski definition) is 5. The first-order valence-corrected chi connectivity index (χ1v) is 11.5. The Morgan fingerprint density at radius 3 is 2.59 bits per heavy atom. The van der Waals surface area contributed by atoms with Crippen molar-refractivity contribution in [3.05, 3.63) is 76.5 Å². The van der Waals surface area contributed by atoms with Crippen molar-refractivity contribution in [3.63, 3.8) is 0 Å². The predicted molar refractivity (Wildman–Crippen MR) is 122 cm³/mol. The maximum absolute atomic E-state index is 13.8. The molecule has 1 aliphatic carbocycles. The number of carbonyl (C=O) groups excluding carboxylic acids is 2. The minimum Gasteiger partial charge on any atom is -0.458 e. The lowest BCUT2D eigenvalue weighted by Crippen LogP contribution is -2.34. The van der Waals surface area contributed by atoms with Gasteiger partial charge in [-0.25, -0.2) is 9.37 Å². The second-order valence-corrected chi connectivity index (χ2v) is 9.03. The molecule has 0 spiro atoms. The SMILES string of the molecule is CC(=O)N(c1cccc(C)c1)c1nc(COC(=O)C2(c3cccc(F)c3)CCCC2)cs1. The number of nitrogens with zero attached hydrogens (tertiary/aromatic N) is 2. The van der Waals surface area contributed by atoms with Gasteiger partial charge in [-0.1, -0.05) is 37.1 Å². The maximum Gasteiger partial charge on any atom is 0.316 e. The van der Waals surface area contributed by atoms with Crippen LogP contribution in [0.25, 0.3) is 0 Å². The number of amides is 1. The van der Waals surface area contributed by atoms with Gasteiger partial charge in [0.15, 0.2) is 5.13 Å². The molecule has 1 saturated carbocycles. The molecule has 0 aliphatic heterocycles. The third-order valence-corrected chi connectivity index (χ3v) is 6.76. The smallest absolute Gasteiger partial charge is 0.316 e. The maximum atomic E-state index is 13.8. The summed E-state index contributed by atoms with van der Waals surface area (Å²) in [6, 6.07) is 13.9. The van der Waals surface area contributed by atoms with Crippen molar-refractivity contribution < 1.29 is 18.7 Å². The highest BCUT2D eigenvalue weighted by Gasteiger charge is 2.44. The van der Waals surface area contributed by atoms with Crippen molar-refractivity contribution >= 4 is 34.0 Å². The number of rotatable bonds is 6. The van der Waals surface area contributed by atoms with Gasteiger partial charge < -0.3 is 4.74 Å². The Balaban J connectivity index is 1.51. The molecule has 4 rings (SSSR count). The molecule has 1 fully saturated rings. The Kier molecular flexibility index (Phi) is 6.37. The number of esters is 1. The molecule has 1 aliphatic rings. The topological polar surface area (TPSA) is 59.5 Å². The van der Waals surface area contributed by atoms with E-state index in [1.54, 1.807) is 22.4 Å². The van der Waals surface area contributed by atoms with Gasteiger partial charge >= 0.3 is 5.97 Å². The molecule has 0 unspecified atom stereocenters. The Labute approximate surface area is 190 Å². The molecule has 3 aromatic rings. The van der Waals surface area contributed by atoms with Gasteiger partial charge in [-0.3, -0.25) is 14.5 Å². The summed E-state index contributed by atoms with van der Waals surface area (Å²) in [5.41, 5.74) is 2.21.